The molecule has 5 nitrogen and oxygen atoms in total. The predicted octanol–water partition coefficient (Wildman–Crippen LogP) is 5.65. The summed E-state index contributed by atoms with van der Waals surface area (Å²) in [6.07, 6.45) is 2.01. The van der Waals surface area contributed by atoms with Crippen LogP contribution in [-0.2, 0) is 17.6 Å². The van der Waals surface area contributed by atoms with Crippen LogP contribution in [0.25, 0.3) is 0 Å². The molecule has 1 aromatic heterocycles. The molecule has 0 bridgehead atoms. The Bertz CT molecular complexity index is 1200. The summed E-state index contributed by atoms with van der Waals surface area (Å²) in [5, 5.41) is 2.81. The maximum atomic E-state index is 13.4. The van der Waals surface area contributed by atoms with E-state index in [-0.39, 0.29) is 17.4 Å². The minimum atomic E-state index is -0.694. The highest BCUT2D eigenvalue weighted by molar-refractivity contribution is 5.83. The van der Waals surface area contributed by atoms with Crippen molar-refractivity contribution in [2.24, 2.45) is 0 Å². The molecular weight excluding hydrogens is 412 g/mol. The van der Waals surface area contributed by atoms with E-state index in [0.717, 1.165) is 29.3 Å². The Balaban J connectivity index is 1.37. The average molecular weight is 431 g/mol. The lowest BCUT2D eigenvalue weighted by molar-refractivity contribution is -0.117. The summed E-state index contributed by atoms with van der Waals surface area (Å²) in [7, 11) is 0. The molecule has 0 saturated heterocycles. The lowest BCUT2D eigenvalue weighted by Crippen LogP contribution is -2.06. The Hall–Kier alpha value is -4.13. The van der Waals surface area contributed by atoms with Crippen molar-refractivity contribution in [3.05, 3.63) is 108 Å². The number of anilines is 2. The minimum Gasteiger partial charge on any atom is -0.439 e. The highest BCUT2D eigenvalue weighted by Gasteiger charge is 2.07. The first-order chi connectivity index (χ1) is 15.5. The number of aromatic nitrogens is 2. The highest BCUT2D eigenvalue weighted by Crippen LogP contribution is 2.24. The molecule has 1 heterocycles. The number of nitrogens with zero attached hydrogens (tertiary/aromatic N) is 2. The number of benzene rings is 3. The number of nitrogens with one attached hydrogen (secondary N) is 1. The van der Waals surface area contributed by atoms with Crippen LogP contribution in [-0.4, -0.2) is 15.8 Å². The zero-order valence-electron chi connectivity index (χ0n) is 17.0. The van der Waals surface area contributed by atoms with Crippen LogP contribution < -0.4 is 10.1 Å². The molecule has 0 aliphatic heterocycles. The number of halogens is 2. The maximum absolute atomic E-state index is 13.4. The highest BCUT2D eigenvalue weighted by atomic mass is 19.1. The van der Waals surface area contributed by atoms with E-state index >= 15 is 0 Å². The molecule has 4 aromatic rings. The lowest BCUT2D eigenvalue weighted by Gasteiger charge is -2.09. The van der Waals surface area contributed by atoms with Gasteiger partial charge in [0.15, 0.2) is 0 Å². The standard InChI is InChI=1S/C25H19F2N3O2/c26-19-12-20(27)14-21(13-19)30-24-15-25(29-16-28-24)32-23-8-6-18(7-9-23)11-22(31)10-17-4-2-1-3-5-17/h1-9,12-16H,10-11H2,(H,28,29,30). The number of ether oxygens (including phenoxy) is 1. The quantitative estimate of drug-likeness (QED) is 0.391. The Morgan fingerprint density at radius 1 is 0.812 bits per heavy atom. The number of rotatable bonds is 8. The zero-order valence-corrected chi connectivity index (χ0v) is 17.0. The fourth-order valence-electron chi connectivity index (χ4n) is 3.15. The average Bonchev–Trinajstić information content (AvgIpc) is 2.75. The summed E-state index contributed by atoms with van der Waals surface area (Å²) in [5.74, 6) is -0.146. The molecule has 0 unspecified atom stereocenters. The first kappa shape index (κ1) is 21.1. The molecule has 0 amide bonds. The van der Waals surface area contributed by atoms with Gasteiger partial charge in [-0.05, 0) is 35.4 Å². The van der Waals surface area contributed by atoms with Crippen molar-refractivity contribution in [2.75, 3.05) is 5.32 Å². The van der Waals surface area contributed by atoms with Gasteiger partial charge in [-0.2, -0.15) is 0 Å². The summed E-state index contributed by atoms with van der Waals surface area (Å²) in [6, 6.07) is 21.4. The largest absolute Gasteiger partial charge is 0.439 e. The van der Waals surface area contributed by atoms with E-state index in [9.17, 15) is 13.6 Å². The fraction of sp³-hybridized carbons (Fsp3) is 0.0800. The monoisotopic (exact) mass is 431 g/mol. The molecule has 0 spiro atoms. The van der Waals surface area contributed by atoms with Crippen molar-refractivity contribution in [1.82, 2.24) is 9.97 Å². The number of hydrogen-bond acceptors (Lipinski definition) is 5. The third-order valence-electron chi connectivity index (χ3n) is 4.57. The van der Waals surface area contributed by atoms with Crippen molar-refractivity contribution in [3.63, 3.8) is 0 Å². The van der Waals surface area contributed by atoms with Crippen LogP contribution in [0.2, 0.25) is 0 Å². The molecule has 0 aliphatic carbocycles. The van der Waals surface area contributed by atoms with Crippen LogP contribution in [0.1, 0.15) is 11.1 Å². The van der Waals surface area contributed by atoms with Crippen molar-refractivity contribution < 1.29 is 18.3 Å². The van der Waals surface area contributed by atoms with E-state index in [1.807, 2.05) is 42.5 Å². The van der Waals surface area contributed by atoms with E-state index < -0.39 is 11.6 Å². The van der Waals surface area contributed by atoms with Gasteiger partial charge < -0.3 is 10.1 Å². The van der Waals surface area contributed by atoms with Crippen molar-refractivity contribution in [3.8, 4) is 11.6 Å². The van der Waals surface area contributed by atoms with Crippen LogP contribution in [0.4, 0.5) is 20.3 Å². The first-order valence-electron chi connectivity index (χ1n) is 9.91. The smallest absolute Gasteiger partial charge is 0.224 e. The Morgan fingerprint density at radius 2 is 1.47 bits per heavy atom. The Morgan fingerprint density at radius 3 is 2.16 bits per heavy atom. The summed E-state index contributed by atoms with van der Waals surface area (Å²) >= 11 is 0. The topological polar surface area (TPSA) is 64.1 Å². The molecule has 3 aromatic carbocycles. The lowest BCUT2D eigenvalue weighted by atomic mass is 10.0. The van der Waals surface area contributed by atoms with Gasteiger partial charge in [0.2, 0.25) is 5.88 Å². The molecule has 0 aliphatic rings. The van der Waals surface area contributed by atoms with Crippen LogP contribution in [0.3, 0.4) is 0 Å². The summed E-state index contributed by atoms with van der Waals surface area (Å²) in [6.45, 7) is 0. The second-order valence-electron chi connectivity index (χ2n) is 7.15. The molecule has 0 radical (unpaired) electrons. The summed E-state index contributed by atoms with van der Waals surface area (Å²) in [5.41, 5.74) is 2.10. The second-order valence-corrected chi connectivity index (χ2v) is 7.15. The van der Waals surface area contributed by atoms with E-state index in [0.29, 0.717) is 24.4 Å². The van der Waals surface area contributed by atoms with Gasteiger partial charge >= 0.3 is 0 Å². The Labute approximate surface area is 183 Å². The van der Waals surface area contributed by atoms with E-state index in [1.54, 1.807) is 12.1 Å². The molecule has 0 saturated carbocycles. The van der Waals surface area contributed by atoms with Gasteiger partial charge in [-0.15, -0.1) is 0 Å². The van der Waals surface area contributed by atoms with Crippen molar-refractivity contribution in [1.29, 1.82) is 0 Å². The third kappa shape index (κ3) is 5.95. The Kier molecular flexibility index (Phi) is 6.46. The molecule has 4 rings (SSSR count). The number of ketones is 1. The van der Waals surface area contributed by atoms with E-state index in [1.165, 1.54) is 12.4 Å². The SMILES string of the molecule is O=C(Cc1ccccc1)Cc1ccc(Oc2cc(Nc3cc(F)cc(F)c3)ncn2)cc1. The van der Waals surface area contributed by atoms with Gasteiger partial charge in [0.05, 0.1) is 0 Å². The number of Topliss-reactive ketones (excluding diaryl/α,β-unsaturated/α-hetero) is 1. The van der Waals surface area contributed by atoms with Crippen LogP contribution in [0, 0.1) is 11.6 Å². The fourth-order valence-corrected chi connectivity index (χ4v) is 3.15. The molecule has 32 heavy (non-hydrogen) atoms. The molecule has 160 valence electrons. The number of hydrogen-bond donors (Lipinski definition) is 1. The second kappa shape index (κ2) is 9.78. The van der Waals surface area contributed by atoms with E-state index in [4.69, 9.17) is 4.74 Å². The van der Waals surface area contributed by atoms with Gasteiger partial charge in [0.25, 0.3) is 0 Å². The summed E-state index contributed by atoms with van der Waals surface area (Å²) in [4.78, 5) is 20.4. The van der Waals surface area contributed by atoms with Crippen molar-refractivity contribution in [2.45, 2.75) is 12.8 Å². The van der Waals surface area contributed by atoms with Gasteiger partial charge in [0.1, 0.15) is 35.3 Å². The third-order valence-corrected chi connectivity index (χ3v) is 4.57. The molecule has 7 heteroatoms. The van der Waals surface area contributed by atoms with E-state index in [2.05, 4.69) is 15.3 Å². The number of carbonyl (C=O) groups is 1. The maximum Gasteiger partial charge on any atom is 0.224 e. The molecule has 0 atom stereocenters. The predicted molar refractivity (Wildman–Crippen MR) is 117 cm³/mol. The number of carbonyl (C=O) groups excluding carboxylic acids is 1. The zero-order chi connectivity index (χ0) is 22.3. The minimum absolute atomic E-state index is 0.130. The molecule has 1 N–H and O–H groups in total. The van der Waals surface area contributed by atoms with Gasteiger partial charge in [0, 0.05) is 30.7 Å². The molecule has 0 fully saturated rings. The normalized spacial score (nSPS) is 10.6. The van der Waals surface area contributed by atoms with Crippen LogP contribution >= 0.6 is 0 Å². The van der Waals surface area contributed by atoms with Crippen molar-refractivity contribution >= 4 is 17.3 Å². The first-order valence-corrected chi connectivity index (χ1v) is 9.91. The van der Waals surface area contributed by atoms with Crippen LogP contribution in [0.5, 0.6) is 11.6 Å². The summed E-state index contributed by atoms with van der Waals surface area (Å²) < 4.78 is 32.5. The van der Waals surface area contributed by atoms with Gasteiger partial charge in [-0.1, -0.05) is 42.5 Å². The molecular formula is C25H19F2N3O2. The van der Waals surface area contributed by atoms with Gasteiger partial charge in [-0.25, -0.2) is 18.7 Å². The van der Waals surface area contributed by atoms with Gasteiger partial charge in [-0.3, -0.25) is 4.79 Å². The van der Waals surface area contributed by atoms with Crippen LogP contribution in [0.15, 0.2) is 85.2 Å².